The smallest absolute Gasteiger partial charge is 0.212 e. The minimum Gasteiger partial charge on any atom is -0.212 e. The van der Waals surface area contributed by atoms with Crippen molar-refractivity contribution in [3.8, 4) is 6.07 Å². The Morgan fingerprint density at radius 3 is 2.29 bits per heavy atom. The quantitative estimate of drug-likeness (QED) is 0.923. The molecule has 2 rings (SSSR count). The second-order valence-corrected chi connectivity index (χ2v) is 6.57. The predicted molar refractivity (Wildman–Crippen MR) is 81.8 cm³/mol. The number of hydrogen-bond donors (Lipinski definition) is 1. The van der Waals surface area contributed by atoms with Crippen LogP contribution in [0.3, 0.4) is 0 Å². The fourth-order valence-corrected chi connectivity index (χ4v) is 3.41. The summed E-state index contributed by atoms with van der Waals surface area (Å²) in [6.07, 6.45) is 0. The lowest BCUT2D eigenvalue weighted by molar-refractivity contribution is 0.566. The van der Waals surface area contributed by atoms with E-state index in [1.807, 2.05) is 24.3 Å². The SMILES string of the molecule is C[C@H](NS(=O)(=O)Cc1ccccc1)c1ccc(C#N)cc1. The van der Waals surface area contributed by atoms with Gasteiger partial charge in [0.05, 0.1) is 17.4 Å². The molecule has 1 atom stereocenters. The molecule has 21 heavy (non-hydrogen) atoms. The molecule has 0 saturated carbocycles. The summed E-state index contributed by atoms with van der Waals surface area (Å²) in [4.78, 5) is 0. The molecule has 2 aromatic carbocycles. The Morgan fingerprint density at radius 2 is 1.71 bits per heavy atom. The highest BCUT2D eigenvalue weighted by Crippen LogP contribution is 2.15. The summed E-state index contributed by atoms with van der Waals surface area (Å²) in [6.45, 7) is 1.78. The molecule has 0 saturated heterocycles. The Morgan fingerprint density at radius 1 is 1.10 bits per heavy atom. The average molecular weight is 300 g/mol. The van der Waals surface area contributed by atoms with Crippen molar-refractivity contribution in [3.05, 3.63) is 71.3 Å². The number of nitriles is 1. The normalized spacial score (nSPS) is 12.6. The molecule has 0 aliphatic heterocycles. The summed E-state index contributed by atoms with van der Waals surface area (Å²) in [5.41, 5.74) is 2.13. The van der Waals surface area contributed by atoms with Crippen molar-refractivity contribution < 1.29 is 8.42 Å². The zero-order valence-electron chi connectivity index (χ0n) is 11.7. The molecule has 0 heterocycles. The summed E-state index contributed by atoms with van der Waals surface area (Å²) in [7, 11) is -3.41. The van der Waals surface area contributed by atoms with Crippen LogP contribution >= 0.6 is 0 Å². The molecule has 0 spiro atoms. The lowest BCUT2D eigenvalue weighted by atomic mass is 10.1. The summed E-state index contributed by atoms with van der Waals surface area (Å²) >= 11 is 0. The average Bonchev–Trinajstić information content (AvgIpc) is 2.47. The highest BCUT2D eigenvalue weighted by Gasteiger charge is 2.16. The van der Waals surface area contributed by atoms with Crippen LogP contribution in [0.1, 0.15) is 29.7 Å². The van der Waals surface area contributed by atoms with E-state index in [0.29, 0.717) is 5.56 Å². The first-order valence-corrected chi connectivity index (χ1v) is 8.19. The van der Waals surface area contributed by atoms with Crippen LogP contribution in [0.2, 0.25) is 0 Å². The number of rotatable bonds is 5. The third kappa shape index (κ3) is 4.42. The molecule has 2 aromatic rings. The van der Waals surface area contributed by atoms with Crippen LogP contribution in [0.5, 0.6) is 0 Å². The van der Waals surface area contributed by atoms with Gasteiger partial charge in [-0.1, -0.05) is 42.5 Å². The Hall–Kier alpha value is -2.16. The van der Waals surface area contributed by atoms with Crippen molar-refractivity contribution in [1.82, 2.24) is 4.72 Å². The first-order valence-electron chi connectivity index (χ1n) is 6.54. The van der Waals surface area contributed by atoms with Crippen molar-refractivity contribution in [2.45, 2.75) is 18.7 Å². The molecule has 0 unspecified atom stereocenters. The summed E-state index contributed by atoms with van der Waals surface area (Å²) in [6, 6.07) is 17.6. The van der Waals surface area contributed by atoms with Crippen molar-refractivity contribution in [3.63, 3.8) is 0 Å². The van der Waals surface area contributed by atoms with E-state index in [1.165, 1.54) is 0 Å². The second kappa shape index (κ2) is 6.53. The second-order valence-electron chi connectivity index (χ2n) is 4.82. The van der Waals surface area contributed by atoms with E-state index in [4.69, 9.17) is 5.26 Å². The molecule has 0 fully saturated rings. The van der Waals surface area contributed by atoms with Gasteiger partial charge < -0.3 is 0 Å². The number of sulfonamides is 1. The maximum absolute atomic E-state index is 12.1. The maximum atomic E-state index is 12.1. The van der Waals surface area contributed by atoms with Crippen molar-refractivity contribution >= 4 is 10.0 Å². The monoisotopic (exact) mass is 300 g/mol. The predicted octanol–water partition coefficient (Wildman–Crippen LogP) is 2.74. The number of nitrogens with one attached hydrogen (secondary N) is 1. The van der Waals surface area contributed by atoms with Crippen LogP contribution in [0.25, 0.3) is 0 Å². The van der Waals surface area contributed by atoms with Crippen LogP contribution in [-0.4, -0.2) is 8.42 Å². The molecular weight excluding hydrogens is 284 g/mol. The maximum Gasteiger partial charge on any atom is 0.216 e. The fraction of sp³-hybridized carbons (Fsp3) is 0.188. The van der Waals surface area contributed by atoms with E-state index in [-0.39, 0.29) is 11.8 Å². The Bertz CT molecular complexity index is 732. The lowest BCUT2D eigenvalue weighted by Gasteiger charge is -2.14. The minimum atomic E-state index is -3.41. The summed E-state index contributed by atoms with van der Waals surface area (Å²) < 4.78 is 26.9. The van der Waals surface area contributed by atoms with Crippen molar-refractivity contribution in [1.29, 1.82) is 5.26 Å². The van der Waals surface area contributed by atoms with Crippen LogP contribution < -0.4 is 4.72 Å². The molecule has 1 N–H and O–H groups in total. The molecular formula is C16H16N2O2S. The van der Waals surface area contributed by atoms with E-state index in [1.54, 1.807) is 43.3 Å². The van der Waals surface area contributed by atoms with Crippen molar-refractivity contribution in [2.75, 3.05) is 0 Å². The number of benzene rings is 2. The number of nitrogens with zero attached hydrogens (tertiary/aromatic N) is 1. The molecule has 0 radical (unpaired) electrons. The van der Waals surface area contributed by atoms with Crippen molar-refractivity contribution in [2.24, 2.45) is 0 Å². The Labute approximate surface area is 125 Å². The molecule has 108 valence electrons. The first kappa shape index (κ1) is 15.2. The molecule has 0 aliphatic carbocycles. The van der Waals surface area contributed by atoms with Gasteiger partial charge in [0.1, 0.15) is 0 Å². The van der Waals surface area contributed by atoms with Crippen LogP contribution in [0.4, 0.5) is 0 Å². The molecule has 4 nitrogen and oxygen atoms in total. The van der Waals surface area contributed by atoms with E-state index < -0.39 is 10.0 Å². The molecule has 0 bridgehead atoms. The van der Waals surface area contributed by atoms with Crippen LogP contribution in [0.15, 0.2) is 54.6 Å². The van der Waals surface area contributed by atoms with Gasteiger partial charge in [-0.25, -0.2) is 13.1 Å². The standard InChI is InChI=1S/C16H16N2O2S/c1-13(16-9-7-14(11-17)8-10-16)18-21(19,20)12-15-5-3-2-4-6-15/h2-10,13,18H,12H2,1H3/t13-/m0/s1. The zero-order chi connectivity index (χ0) is 15.3. The third-order valence-corrected chi connectivity index (χ3v) is 4.52. The molecule has 0 aromatic heterocycles. The van der Waals surface area contributed by atoms with Gasteiger partial charge in [-0.2, -0.15) is 5.26 Å². The summed E-state index contributed by atoms with van der Waals surface area (Å²) in [5.74, 6) is -0.0472. The van der Waals surface area contributed by atoms with E-state index >= 15 is 0 Å². The Kier molecular flexibility index (Phi) is 4.73. The van der Waals surface area contributed by atoms with E-state index in [2.05, 4.69) is 4.72 Å². The van der Waals surface area contributed by atoms with Gasteiger partial charge in [0.15, 0.2) is 0 Å². The third-order valence-electron chi connectivity index (χ3n) is 3.10. The summed E-state index contributed by atoms with van der Waals surface area (Å²) in [5, 5.41) is 8.76. The van der Waals surface area contributed by atoms with Gasteiger partial charge >= 0.3 is 0 Å². The molecule has 0 amide bonds. The fourth-order valence-electron chi connectivity index (χ4n) is 2.02. The van der Waals surface area contributed by atoms with E-state index in [9.17, 15) is 8.42 Å². The van der Waals surface area contributed by atoms with Gasteiger partial charge in [-0.15, -0.1) is 0 Å². The Balaban J connectivity index is 2.07. The van der Waals surface area contributed by atoms with Gasteiger partial charge in [0.2, 0.25) is 10.0 Å². The highest BCUT2D eigenvalue weighted by atomic mass is 32.2. The molecule has 5 heteroatoms. The lowest BCUT2D eigenvalue weighted by Crippen LogP contribution is -2.28. The van der Waals surface area contributed by atoms with Crippen LogP contribution in [0, 0.1) is 11.3 Å². The van der Waals surface area contributed by atoms with Gasteiger partial charge in [-0.3, -0.25) is 0 Å². The largest absolute Gasteiger partial charge is 0.216 e. The first-order chi connectivity index (χ1) is 10.00. The van der Waals surface area contributed by atoms with E-state index in [0.717, 1.165) is 11.1 Å². The van der Waals surface area contributed by atoms with Gasteiger partial charge in [0.25, 0.3) is 0 Å². The minimum absolute atomic E-state index is 0.0472. The topological polar surface area (TPSA) is 70.0 Å². The van der Waals surface area contributed by atoms with Gasteiger partial charge in [-0.05, 0) is 30.2 Å². The number of hydrogen-bond acceptors (Lipinski definition) is 3. The highest BCUT2D eigenvalue weighted by molar-refractivity contribution is 7.88. The molecule has 0 aliphatic rings. The van der Waals surface area contributed by atoms with Gasteiger partial charge in [0, 0.05) is 6.04 Å². The zero-order valence-corrected chi connectivity index (χ0v) is 12.5. The van der Waals surface area contributed by atoms with Crippen LogP contribution in [-0.2, 0) is 15.8 Å².